The van der Waals surface area contributed by atoms with Crippen LogP contribution in [0.3, 0.4) is 0 Å². The van der Waals surface area contributed by atoms with Crippen molar-refractivity contribution in [3.63, 3.8) is 0 Å². The van der Waals surface area contributed by atoms with Crippen molar-refractivity contribution in [2.45, 2.75) is 26.2 Å². The zero-order chi connectivity index (χ0) is 23.9. The standard InChI is InChI=1S/C24H25N5O4/c1-24(2,3)14-7-9-15(10-8-14)29-22-19(27-23(29)31)18(20(25)30)26-21(28-22)13-6-11-16(32-4)17(12-13)33-5/h6-12H,1-5H3,(H2,25,30)(H,27,31). The molecule has 170 valence electrons. The summed E-state index contributed by atoms with van der Waals surface area (Å²) in [6.45, 7) is 6.34. The second-order valence-corrected chi connectivity index (χ2v) is 8.59. The first kappa shape index (κ1) is 22.1. The summed E-state index contributed by atoms with van der Waals surface area (Å²) in [5.41, 5.74) is 7.75. The largest absolute Gasteiger partial charge is 0.493 e. The van der Waals surface area contributed by atoms with Gasteiger partial charge in [0.05, 0.1) is 19.9 Å². The van der Waals surface area contributed by atoms with Crippen molar-refractivity contribution in [3.05, 3.63) is 64.2 Å². The number of nitrogens with zero attached hydrogens (tertiary/aromatic N) is 3. The van der Waals surface area contributed by atoms with E-state index in [1.54, 1.807) is 18.2 Å². The Labute approximate surface area is 190 Å². The van der Waals surface area contributed by atoms with E-state index >= 15 is 0 Å². The number of rotatable bonds is 5. The summed E-state index contributed by atoms with van der Waals surface area (Å²) in [4.78, 5) is 36.7. The summed E-state index contributed by atoms with van der Waals surface area (Å²) in [6.07, 6.45) is 0. The van der Waals surface area contributed by atoms with Crippen molar-refractivity contribution in [1.29, 1.82) is 0 Å². The van der Waals surface area contributed by atoms with Gasteiger partial charge in [-0.25, -0.2) is 19.3 Å². The summed E-state index contributed by atoms with van der Waals surface area (Å²) < 4.78 is 12.1. The van der Waals surface area contributed by atoms with E-state index < -0.39 is 11.6 Å². The van der Waals surface area contributed by atoms with Crippen molar-refractivity contribution in [3.8, 4) is 28.6 Å². The molecule has 4 aromatic rings. The smallest absolute Gasteiger partial charge is 0.332 e. The highest BCUT2D eigenvalue weighted by molar-refractivity contribution is 6.02. The number of H-pyrrole nitrogens is 1. The average molecular weight is 447 g/mol. The maximum atomic E-state index is 12.9. The van der Waals surface area contributed by atoms with Gasteiger partial charge in [-0.3, -0.25) is 4.79 Å². The van der Waals surface area contributed by atoms with Gasteiger partial charge in [-0.2, -0.15) is 0 Å². The van der Waals surface area contributed by atoms with Gasteiger partial charge in [0.1, 0.15) is 5.52 Å². The molecule has 0 spiro atoms. The number of benzene rings is 2. The molecule has 4 rings (SSSR count). The van der Waals surface area contributed by atoms with Gasteiger partial charge in [0.25, 0.3) is 5.91 Å². The molecular formula is C24H25N5O4. The van der Waals surface area contributed by atoms with Gasteiger partial charge in [0.15, 0.2) is 28.7 Å². The van der Waals surface area contributed by atoms with E-state index in [1.807, 2.05) is 24.3 Å². The zero-order valence-corrected chi connectivity index (χ0v) is 19.1. The Morgan fingerprint density at radius 3 is 2.24 bits per heavy atom. The minimum Gasteiger partial charge on any atom is -0.493 e. The summed E-state index contributed by atoms with van der Waals surface area (Å²) >= 11 is 0. The van der Waals surface area contributed by atoms with E-state index in [9.17, 15) is 9.59 Å². The number of hydrogen-bond acceptors (Lipinski definition) is 6. The van der Waals surface area contributed by atoms with Crippen LogP contribution in [0.25, 0.3) is 28.2 Å². The molecule has 1 amide bonds. The summed E-state index contributed by atoms with van der Waals surface area (Å²) in [5, 5.41) is 0. The lowest BCUT2D eigenvalue weighted by Crippen LogP contribution is -2.16. The van der Waals surface area contributed by atoms with Gasteiger partial charge < -0.3 is 20.2 Å². The van der Waals surface area contributed by atoms with Crippen molar-refractivity contribution < 1.29 is 14.3 Å². The molecule has 0 saturated heterocycles. The van der Waals surface area contributed by atoms with Crippen molar-refractivity contribution in [1.82, 2.24) is 19.5 Å². The molecular weight excluding hydrogens is 422 g/mol. The number of primary amides is 1. The second-order valence-electron chi connectivity index (χ2n) is 8.59. The molecule has 0 aliphatic rings. The van der Waals surface area contributed by atoms with Crippen LogP contribution in [0, 0.1) is 0 Å². The van der Waals surface area contributed by atoms with Gasteiger partial charge in [-0.1, -0.05) is 32.9 Å². The number of ether oxygens (including phenoxy) is 2. The lowest BCUT2D eigenvalue weighted by atomic mass is 9.87. The fraction of sp³-hybridized carbons (Fsp3) is 0.250. The van der Waals surface area contributed by atoms with Crippen LogP contribution in [-0.4, -0.2) is 39.6 Å². The summed E-state index contributed by atoms with van der Waals surface area (Å²) in [6, 6.07) is 12.8. The molecule has 9 heteroatoms. The van der Waals surface area contributed by atoms with E-state index in [0.717, 1.165) is 5.56 Å². The number of aromatic amines is 1. The first-order valence-electron chi connectivity index (χ1n) is 10.3. The van der Waals surface area contributed by atoms with E-state index in [-0.39, 0.29) is 28.1 Å². The Morgan fingerprint density at radius 2 is 1.67 bits per heavy atom. The maximum Gasteiger partial charge on any atom is 0.332 e. The molecule has 0 aliphatic carbocycles. The molecule has 2 heterocycles. The van der Waals surface area contributed by atoms with E-state index in [2.05, 4.69) is 35.7 Å². The first-order valence-corrected chi connectivity index (χ1v) is 10.3. The second kappa shape index (κ2) is 8.09. The highest BCUT2D eigenvalue weighted by Gasteiger charge is 2.21. The van der Waals surface area contributed by atoms with E-state index in [0.29, 0.717) is 22.7 Å². The average Bonchev–Trinajstić information content (AvgIpc) is 3.12. The molecule has 2 aromatic carbocycles. The lowest BCUT2D eigenvalue weighted by Gasteiger charge is -2.19. The van der Waals surface area contributed by atoms with Gasteiger partial charge in [-0.15, -0.1) is 0 Å². The number of hydrogen-bond donors (Lipinski definition) is 2. The van der Waals surface area contributed by atoms with Crippen LogP contribution >= 0.6 is 0 Å². The van der Waals surface area contributed by atoms with Crippen LogP contribution in [0.15, 0.2) is 47.3 Å². The Morgan fingerprint density at radius 1 is 1.00 bits per heavy atom. The Kier molecular flexibility index (Phi) is 5.41. The maximum absolute atomic E-state index is 12.9. The molecule has 2 aromatic heterocycles. The Bertz CT molecular complexity index is 1410. The molecule has 0 radical (unpaired) electrons. The van der Waals surface area contributed by atoms with Crippen LogP contribution in [-0.2, 0) is 5.41 Å². The third-order valence-electron chi connectivity index (χ3n) is 5.40. The predicted octanol–water partition coefficient (Wildman–Crippen LogP) is 3.19. The minimum atomic E-state index is -0.777. The molecule has 0 unspecified atom stereocenters. The first-order chi connectivity index (χ1) is 15.6. The number of amides is 1. The van der Waals surface area contributed by atoms with Crippen LogP contribution in [0.4, 0.5) is 0 Å². The Hall–Kier alpha value is -4.14. The third kappa shape index (κ3) is 3.93. The molecule has 0 fully saturated rings. The number of nitrogens with two attached hydrogens (primary N) is 1. The molecule has 33 heavy (non-hydrogen) atoms. The van der Waals surface area contributed by atoms with Crippen molar-refractivity contribution in [2.75, 3.05) is 14.2 Å². The van der Waals surface area contributed by atoms with Crippen LogP contribution in [0.1, 0.15) is 36.8 Å². The molecule has 3 N–H and O–H groups in total. The number of nitrogens with one attached hydrogen (secondary N) is 1. The normalized spacial score (nSPS) is 11.5. The van der Waals surface area contributed by atoms with Crippen LogP contribution in [0.5, 0.6) is 11.5 Å². The van der Waals surface area contributed by atoms with Gasteiger partial charge in [0.2, 0.25) is 0 Å². The quantitative estimate of drug-likeness (QED) is 0.484. The highest BCUT2D eigenvalue weighted by atomic mass is 16.5. The van der Waals surface area contributed by atoms with E-state index in [4.69, 9.17) is 15.2 Å². The fourth-order valence-corrected chi connectivity index (χ4v) is 3.62. The number of imidazole rings is 1. The van der Waals surface area contributed by atoms with Crippen molar-refractivity contribution >= 4 is 17.1 Å². The predicted molar refractivity (Wildman–Crippen MR) is 125 cm³/mol. The monoisotopic (exact) mass is 447 g/mol. The van der Waals surface area contributed by atoms with Gasteiger partial charge in [-0.05, 0) is 41.3 Å². The Balaban J connectivity index is 1.96. The third-order valence-corrected chi connectivity index (χ3v) is 5.40. The topological polar surface area (TPSA) is 125 Å². The van der Waals surface area contributed by atoms with Gasteiger partial charge in [0, 0.05) is 5.56 Å². The zero-order valence-electron chi connectivity index (χ0n) is 19.1. The number of methoxy groups -OCH3 is 2. The number of fused-ring (bicyclic) bond motifs is 1. The van der Waals surface area contributed by atoms with E-state index in [1.165, 1.54) is 18.8 Å². The lowest BCUT2D eigenvalue weighted by molar-refractivity contribution is 0.0997. The fourth-order valence-electron chi connectivity index (χ4n) is 3.62. The molecule has 0 atom stereocenters. The molecule has 0 saturated carbocycles. The highest BCUT2D eigenvalue weighted by Crippen LogP contribution is 2.32. The van der Waals surface area contributed by atoms with Crippen LogP contribution < -0.4 is 20.9 Å². The SMILES string of the molecule is COc1ccc(-c2nc(C(N)=O)c3[nH]c(=O)n(-c4ccc(C(C)(C)C)cc4)c3n2)cc1OC. The van der Waals surface area contributed by atoms with Gasteiger partial charge >= 0.3 is 5.69 Å². The number of carbonyl (C=O) groups is 1. The summed E-state index contributed by atoms with van der Waals surface area (Å²) in [7, 11) is 3.06. The summed E-state index contributed by atoms with van der Waals surface area (Å²) in [5.74, 6) is 0.454. The van der Waals surface area contributed by atoms with Crippen LogP contribution in [0.2, 0.25) is 0 Å². The minimum absolute atomic E-state index is 0.0361. The molecule has 0 aliphatic heterocycles. The number of carbonyl (C=O) groups excluding carboxylic acids is 1. The number of aromatic nitrogens is 4. The van der Waals surface area contributed by atoms with Crippen molar-refractivity contribution in [2.24, 2.45) is 5.73 Å². The molecule has 9 nitrogen and oxygen atoms in total. The molecule has 0 bridgehead atoms.